The second-order valence-electron chi connectivity index (χ2n) is 5.57. The normalized spacial score (nSPS) is 10.3. The Hall–Kier alpha value is -3.12. The highest BCUT2D eigenvalue weighted by molar-refractivity contribution is 6.30. The summed E-state index contributed by atoms with van der Waals surface area (Å²) in [5.74, 6) is 0.816. The SMILES string of the molecule is COC(=O)c1cccc(Nc2cc(Nc3cc(Cl)ccc3C)ncn2)c1. The average molecular weight is 369 g/mol. The van der Waals surface area contributed by atoms with E-state index in [1.807, 2.05) is 31.2 Å². The fourth-order valence-corrected chi connectivity index (χ4v) is 2.52. The van der Waals surface area contributed by atoms with Crippen molar-refractivity contribution in [2.45, 2.75) is 6.92 Å². The number of esters is 1. The molecule has 0 saturated heterocycles. The Labute approximate surface area is 156 Å². The van der Waals surface area contributed by atoms with Gasteiger partial charge in [-0.05, 0) is 42.8 Å². The van der Waals surface area contributed by atoms with Crippen LogP contribution in [-0.4, -0.2) is 23.0 Å². The molecule has 0 saturated carbocycles. The third-order valence-corrected chi connectivity index (χ3v) is 3.92. The fourth-order valence-electron chi connectivity index (χ4n) is 2.35. The Kier molecular flexibility index (Phi) is 5.34. The fraction of sp³-hybridized carbons (Fsp3) is 0.105. The molecule has 0 unspecified atom stereocenters. The molecule has 132 valence electrons. The largest absolute Gasteiger partial charge is 0.465 e. The molecule has 1 aromatic heterocycles. The quantitative estimate of drug-likeness (QED) is 0.635. The molecular weight excluding hydrogens is 352 g/mol. The van der Waals surface area contributed by atoms with Crippen molar-refractivity contribution >= 4 is 40.6 Å². The van der Waals surface area contributed by atoms with Crippen LogP contribution in [0.1, 0.15) is 15.9 Å². The molecule has 0 bridgehead atoms. The number of carbonyl (C=O) groups is 1. The molecule has 7 heteroatoms. The molecule has 3 aromatic rings. The van der Waals surface area contributed by atoms with Crippen molar-refractivity contribution in [3.05, 3.63) is 71.0 Å². The minimum atomic E-state index is -0.393. The summed E-state index contributed by atoms with van der Waals surface area (Å²) in [7, 11) is 1.35. The Morgan fingerprint density at radius 3 is 2.58 bits per heavy atom. The first-order valence-corrected chi connectivity index (χ1v) is 8.23. The van der Waals surface area contributed by atoms with Gasteiger partial charge in [-0.2, -0.15) is 0 Å². The third kappa shape index (κ3) is 4.29. The Bertz CT molecular complexity index is 946. The van der Waals surface area contributed by atoms with Gasteiger partial charge in [0.2, 0.25) is 0 Å². The number of nitrogens with one attached hydrogen (secondary N) is 2. The third-order valence-electron chi connectivity index (χ3n) is 3.69. The molecule has 0 aliphatic rings. The zero-order valence-corrected chi connectivity index (χ0v) is 15.0. The molecule has 0 radical (unpaired) electrons. The first-order chi connectivity index (χ1) is 12.5. The van der Waals surface area contributed by atoms with E-state index in [-0.39, 0.29) is 0 Å². The van der Waals surface area contributed by atoms with Gasteiger partial charge in [-0.15, -0.1) is 0 Å². The average Bonchev–Trinajstić information content (AvgIpc) is 2.64. The molecule has 0 spiro atoms. The van der Waals surface area contributed by atoms with Gasteiger partial charge in [0.25, 0.3) is 0 Å². The van der Waals surface area contributed by atoms with Crippen LogP contribution >= 0.6 is 11.6 Å². The summed E-state index contributed by atoms with van der Waals surface area (Å²) in [6, 6.07) is 14.4. The number of ether oxygens (including phenoxy) is 1. The van der Waals surface area contributed by atoms with E-state index in [4.69, 9.17) is 16.3 Å². The predicted octanol–water partition coefficient (Wildman–Crippen LogP) is 4.71. The van der Waals surface area contributed by atoms with Crippen molar-refractivity contribution in [3.63, 3.8) is 0 Å². The van der Waals surface area contributed by atoms with Crippen molar-refractivity contribution in [2.24, 2.45) is 0 Å². The number of aryl methyl sites for hydroxylation is 1. The molecule has 1 heterocycles. The minimum absolute atomic E-state index is 0.393. The monoisotopic (exact) mass is 368 g/mol. The molecule has 3 rings (SSSR count). The van der Waals surface area contributed by atoms with Gasteiger partial charge in [-0.3, -0.25) is 0 Å². The van der Waals surface area contributed by atoms with Crippen LogP contribution in [0.15, 0.2) is 54.9 Å². The van der Waals surface area contributed by atoms with Crippen LogP contribution in [0.3, 0.4) is 0 Å². The zero-order valence-electron chi connectivity index (χ0n) is 14.3. The maximum atomic E-state index is 11.6. The maximum absolute atomic E-state index is 11.6. The van der Waals surface area contributed by atoms with Crippen molar-refractivity contribution in [1.82, 2.24) is 9.97 Å². The molecule has 2 aromatic carbocycles. The predicted molar refractivity (Wildman–Crippen MR) is 103 cm³/mol. The van der Waals surface area contributed by atoms with E-state index in [0.717, 1.165) is 16.9 Å². The van der Waals surface area contributed by atoms with Gasteiger partial charge < -0.3 is 15.4 Å². The van der Waals surface area contributed by atoms with Crippen LogP contribution < -0.4 is 10.6 Å². The second kappa shape index (κ2) is 7.84. The van der Waals surface area contributed by atoms with E-state index in [9.17, 15) is 4.79 Å². The summed E-state index contributed by atoms with van der Waals surface area (Å²) in [4.78, 5) is 20.1. The van der Waals surface area contributed by atoms with E-state index in [1.165, 1.54) is 13.4 Å². The number of methoxy groups -OCH3 is 1. The number of halogens is 1. The molecule has 26 heavy (non-hydrogen) atoms. The first kappa shape index (κ1) is 17.7. The molecule has 6 nitrogen and oxygen atoms in total. The molecule has 0 amide bonds. The van der Waals surface area contributed by atoms with E-state index in [2.05, 4.69) is 20.6 Å². The lowest BCUT2D eigenvalue weighted by molar-refractivity contribution is 0.0601. The Balaban J connectivity index is 1.79. The van der Waals surface area contributed by atoms with Crippen molar-refractivity contribution in [1.29, 1.82) is 0 Å². The van der Waals surface area contributed by atoms with E-state index in [1.54, 1.807) is 24.3 Å². The van der Waals surface area contributed by atoms with E-state index >= 15 is 0 Å². The Morgan fingerprint density at radius 1 is 1.04 bits per heavy atom. The molecule has 2 N–H and O–H groups in total. The summed E-state index contributed by atoms with van der Waals surface area (Å²) in [5.41, 5.74) is 3.10. The standard InChI is InChI=1S/C19H17ClN4O2/c1-12-6-7-14(20)9-16(12)24-18-10-17(21-11-22-18)23-15-5-3-4-13(8-15)19(25)26-2/h3-11H,1-2H3,(H2,21,22,23,24). The lowest BCUT2D eigenvalue weighted by Crippen LogP contribution is -2.03. The molecule has 0 atom stereocenters. The van der Waals surface area contributed by atoms with Gasteiger partial charge >= 0.3 is 5.97 Å². The summed E-state index contributed by atoms with van der Waals surface area (Å²) in [6.07, 6.45) is 1.45. The highest BCUT2D eigenvalue weighted by Gasteiger charge is 2.07. The molecule has 0 aliphatic carbocycles. The van der Waals surface area contributed by atoms with Crippen LogP contribution in [0, 0.1) is 6.92 Å². The molecule has 0 fully saturated rings. The number of hydrogen-bond acceptors (Lipinski definition) is 6. The van der Waals surface area contributed by atoms with Gasteiger partial charge in [-0.1, -0.05) is 23.7 Å². The van der Waals surface area contributed by atoms with Crippen molar-refractivity contribution < 1.29 is 9.53 Å². The highest BCUT2D eigenvalue weighted by Crippen LogP contribution is 2.24. The zero-order chi connectivity index (χ0) is 18.5. The summed E-state index contributed by atoms with van der Waals surface area (Å²) in [5, 5.41) is 7.02. The van der Waals surface area contributed by atoms with Gasteiger partial charge in [0.05, 0.1) is 12.7 Å². The number of benzene rings is 2. The number of carbonyl (C=O) groups excluding carboxylic acids is 1. The summed E-state index contributed by atoms with van der Waals surface area (Å²) >= 11 is 6.05. The first-order valence-electron chi connectivity index (χ1n) is 7.86. The van der Waals surface area contributed by atoms with Crippen LogP contribution in [0.5, 0.6) is 0 Å². The minimum Gasteiger partial charge on any atom is -0.465 e. The molecule has 0 aliphatic heterocycles. The van der Waals surface area contributed by atoms with Gasteiger partial charge in [0.1, 0.15) is 18.0 Å². The number of nitrogens with zero attached hydrogens (tertiary/aromatic N) is 2. The van der Waals surface area contributed by atoms with Crippen LogP contribution in [0.25, 0.3) is 0 Å². The summed E-state index contributed by atoms with van der Waals surface area (Å²) in [6.45, 7) is 1.98. The number of aromatic nitrogens is 2. The van der Waals surface area contributed by atoms with Crippen molar-refractivity contribution in [2.75, 3.05) is 17.7 Å². The number of rotatable bonds is 5. The molecular formula is C19H17ClN4O2. The van der Waals surface area contributed by atoms with E-state index in [0.29, 0.717) is 22.2 Å². The maximum Gasteiger partial charge on any atom is 0.337 e. The van der Waals surface area contributed by atoms with Gasteiger partial charge in [0, 0.05) is 22.5 Å². The van der Waals surface area contributed by atoms with Gasteiger partial charge in [-0.25, -0.2) is 14.8 Å². The Morgan fingerprint density at radius 2 is 1.81 bits per heavy atom. The number of anilines is 4. The summed E-state index contributed by atoms with van der Waals surface area (Å²) < 4.78 is 4.73. The number of hydrogen-bond donors (Lipinski definition) is 2. The van der Waals surface area contributed by atoms with Crippen LogP contribution in [0.2, 0.25) is 5.02 Å². The van der Waals surface area contributed by atoms with E-state index < -0.39 is 5.97 Å². The lowest BCUT2D eigenvalue weighted by Gasteiger charge is -2.11. The topological polar surface area (TPSA) is 76.1 Å². The van der Waals surface area contributed by atoms with Crippen molar-refractivity contribution in [3.8, 4) is 0 Å². The lowest BCUT2D eigenvalue weighted by atomic mass is 10.2. The van der Waals surface area contributed by atoms with Gasteiger partial charge in [0.15, 0.2) is 0 Å². The highest BCUT2D eigenvalue weighted by atomic mass is 35.5. The second-order valence-corrected chi connectivity index (χ2v) is 6.01. The van der Waals surface area contributed by atoms with Crippen LogP contribution in [-0.2, 0) is 4.74 Å². The smallest absolute Gasteiger partial charge is 0.337 e. The van der Waals surface area contributed by atoms with Crippen LogP contribution in [0.4, 0.5) is 23.0 Å².